The molecule has 1 saturated carbocycles. The third-order valence-corrected chi connectivity index (χ3v) is 4.97. The lowest BCUT2D eigenvalue weighted by molar-refractivity contribution is -0.116. The van der Waals surface area contributed by atoms with Gasteiger partial charge in [0.15, 0.2) is 0 Å². The summed E-state index contributed by atoms with van der Waals surface area (Å²) in [4.78, 5) is 12.0. The molecule has 3 rings (SSSR count). The van der Waals surface area contributed by atoms with E-state index in [2.05, 4.69) is 10.6 Å². The molecule has 4 nitrogen and oxygen atoms in total. The van der Waals surface area contributed by atoms with Gasteiger partial charge in [-0.3, -0.25) is 4.79 Å². The molecule has 1 unspecified atom stereocenters. The zero-order chi connectivity index (χ0) is 15.9. The quantitative estimate of drug-likeness (QED) is 0.782. The number of carbonyl (C=O) groups excluding carboxylic acids is 1. The van der Waals surface area contributed by atoms with E-state index in [-0.39, 0.29) is 18.3 Å². The van der Waals surface area contributed by atoms with Crippen LogP contribution in [0.3, 0.4) is 0 Å². The molecule has 0 bridgehead atoms. The van der Waals surface area contributed by atoms with E-state index in [1.807, 2.05) is 24.3 Å². The molecule has 1 saturated heterocycles. The maximum absolute atomic E-state index is 12.0. The number of ether oxygens (including phenoxy) is 1. The van der Waals surface area contributed by atoms with Gasteiger partial charge < -0.3 is 15.4 Å². The van der Waals surface area contributed by atoms with E-state index in [0.29, 0.717) is 25.0 Å². The highest BCUT2D eigenvalue weighted by atomic mass is 35.5. The van der Waals surface area contributed by atoms with Crippen LogP contribution in [-0.2, 0) is 16.1 Å². The molecule has 24 heavy (non-hydrogen) atoms. The van der Waals surface area contributed by atoms with Crippen molar-refractivity contribution < 1.29 is 9.53 Å². The van der Waals surface area contributed by atoms with Crippen molar-refractivity contribution in [1.29, 1.82) is 0 Å². The van der Waals surface area contributed by atoms with Gasteiger partial charge in [0.25, 0.3) is 0 Å². The fourth-order valence-corrected chi connectivity index (χ4v) is 3.47. The van der Waals surface area contributed by atoms with Crippen molar-refractivity contribution in [2.75, 3.05) is 18.4 Å². The molecule has 0 aromatic heterocycles. The zero-order valence-corrected chi connectivity index (χ0v) is 15.1. The van der Waals surface area contributed by atoms with E-state index in [9.17, 15) is 4.79 Å². The number of hydrogen-bond acceptors (Lipinski definition) is 3. The Balaban J connectivity index is 0.00000208. The summed E-state index contributed by atoms with van der Waals surface area (Å²) in [5.74, 6) is 0.780. The Bertz CT molecular complexity index is 495. The predicted molar refractivity (Wildman–Crippen MR) is 99.6 cm³/mol. The van der Waals surface area contributed by atoms with Crippen molar-refractivity contribution in [2.24, 2.45) is 5.92 Å². The average molecular weight is 353 g/mol. The first-order chi connectivity index (χ1) is 11.3. The second-order valence-electron chi connectivity index (χ2n) is 6.86. The Morgan fingerprint density at radius 3 is 2.58 bits per heavy atom. The van der Waals surface area contributed by atoms with Crippen LogP contribution in [0.15, 0.2) is 24.3 Å². The molecule has 1 aromatic rings. The van der Waals surface area contributed by atoms with Crippen LogP contribution in [-0.4, -0.2) is 25.1 Å². The second-order valence-corrected chi connectivity index (χ2v) is 6.86. The molecule has 1 aliphatic heterocycles. The number of anilines is 1. The van der Waals surface area contributed by atoms with E-state index >= 15 is 0 Å². The van der Waals surface area contributed by atoms with Crippen LogP contribution >= 0.6 is 12.4 Å². The summed E-state index contributed by atoms with van der Waals surface area (Å²) in [5.41, 5.74) is 2.05. The van der Waals surface area contributed by atoms with Gasteiger partial charge in [-0.1, -0.05) is 25.0 Å². The number of benzene rings is 1. The molecule has 134 valence electrons. The summed E-state index contributed by atoms with van der Waals surface area (Å²) in [6, 6.07) is 8.04. The van der Waals surface area contributed by atoms with Crippen LogP contribution in [0.25, 0.3) is 0 Å². The van der Waals surface area contributed by atoms with Gasteiger partial charge in [0.05, 0.1) is 12.7 Å². The number of nitrogens with one attached hydrogen (secondary N) is 2. The van der Waals surface area contributed by atoms with Crippen molar-refractivity contribution in [2.45, 2.75) is 57.7 Å². The highest BCUT2D eigenvalue weighted by Gasteiger charge is 2.16. The molecule has 2 N–H and O–H groups in total. The lowest BCUT2D eigenvalue weighted by atomic mass is 10.0. The molecule has 1 heterocycles. The van der Waals surface area contributed by atoms with Crippen molar-refractivity contribution in [3.8, 4) is 0 Å². The van der Waals surface area contributed by atoms with Crippen molar-refractivity contribution in [3.05, 3.63) is 29.8 Å². The fourth-order valence-electron chi connectivity index (χ4n) is 3.47. The Morgan fingerprint density at radius 2 is 1.92 bits per heavy atom. The number of hydrogen-bond donors (Lipinski definition) is 2. The SMILES string of the molecule is Cl.O=C(CCC1CCNC1)Nc1ccc(COC2CCCC2)cc1. The maximum atomic E-state index is 12.0. The third-order valence-electron chi connectivity index (χ3n) is 4.97. The average Bonchev–Trinajstić information content (AvgIpc) is 3.26. The van der Waals surface area contributed by atoms with E-state index in [1.165, 1.54) is 37.7 Å². The van der Waals surface area contributed by atoms with E-state index < -0.39 is 0 Å². The number of carbonyl (C=O) groups is 1. The molecule has 5 heteroatoms. The van der Waals surface area contributed by atoms with Crippen LogP contribution < -0.4 is 10.6 Å². The summed E-state index contributed by atoms with van der Waals surface area (Å²) in [5, 5.41) is 6.33. The third kappa shape index (κ3) is 6.08. The van der Waals surface area contributed by atoms with Crippen molar-refractivity contribution in [3.63, 3.8) is 0 Å². The first-order valence-electron chi connectivity index (χ1n) is 9.01. The highest BCUT2D eigenvalue weighted by Crippen LogP contribution is 2.22. The van der Waals surface area contributed by atoms with E-state index in [1.54, 1.807) is 0 Å². The van der Waals surface area contributed by atoms with E-state index in [0.717, 1.165) is 25.2 Å². The Kier molecular flexibility index (Phi) is 8.03. The number of amides is 1. The Labute approximate surface area is 151 Å². The summed E-state index contributed by atoms with van der Waals surface area (Å²) in [6.45, 7) is 2.83. The summed E-state index contributed by atoms with van der Waals surface area (Å²) < 4.78 is 5.91. The number of rotatable bonds is 7. The standard InChI is InChI=1S/C19H28N2O2.ClH/c22-19(10-7-15-11-12-20-13-15)21-17-8-5-16(6-9-17)14-23-18-3-1-2-4-18;/h5-6,8-9,15,18,20H,1-4,7,10-14H2,(H,21,22);1H. The van der Waals surface area contributed by atoms with Gasteiger partial charge in [0.1, 0.15) is 0 Å². The first-order valence-corrected chi connectivity index (χ1v) is 9.01. The molecule has 0 spiro atoms. The molecule has 0 radical (unpaired) electrons. The normalized spacial score (nSPS) is 20.8. The van der Waals surface area contributed by atoms with Crippen LogP contribution in [0.5, 0.6) is 0 Å². The fraction of sp³-hybridized carbons (Fsp3) is 0.632. The molecule has 2 fully saturated rings. The van der Waals surface area contributed by atoms with Gasteiger partial charge in [-0.2, -0.15) is 0 Å². The first kappa shape index (κ1) is 19.2. The summed E-state index contributed by atoms with van der Waals surface area (Å²) in [6.07, 6.45) is 8.22. The minimum atomic E-state index is 0. The highest BCUT2D eigenvalue weighted by molar-refractivity contribution is 5.90. The van der Waals surface area contributed by atoms with Gasteiger partial charge in [0.2, 0.25) is 5.91 Å². The minimum absolute atomic E-state index is 0. The lowest BCUT2D eigenvalue weighted by Gasteiger charge is -2.12. The summed E-state index contributed by atoms with van der Waals surface area (Å²) >= 11 is 0. The van der Waals surface area contributed by atoms with Gasteiger partial charge in [-0.25, -0.2) is 0 Å². The molecule has 1 aliphatic carbocycles. The van der Waals surface area contributed by atoms with Crippen molar-refractivity contribution in [1.82, 2.24) is 5.32 Å². The van der Waals surface area contributed by atoms with Crippen LogP contribution in [0.2, 0.25) is 0 Å². The topological polar surface area (TPSA) is 50.4 Å². The predicted octanol–water partition coefficient (Wildman–Crippen LogP) is 3.90. The number of halogens is 1. The minimum Gasteiger partial charge on any atom is -0.374 e. The van der Waals surface area contributed by atoms with Crippen LogP contribution in [0, 0.1) is 5.92 Å². The van der Waals surface area contributed by atoms with Gasteiger partial charge in [0, 0.05) is 12.1 Å². The molecule has 1 atom stereocenters. The van der Waals surface area contributed by atoms with Gasteiger partial charge >= 0.3 is 0 Å². The molecule has 2 aliphatic rings. The molecule has 1 aromatic carbocycles. The molecule has 1 amide bonds. The monoisotopic (exact) mass is 352 g/mol. The zero-order valence-electron chi connectivity index (χ0n) is 14.3. The van der Waals surface area contributed by atoms with Gasteiger partial charge in [-0.05, 0) is 62.4 Å². The van der Waals surface area contributed by atoms with E-state index in [4.69, 9.17) is 4.74 Å². The Hall–Kier alpha value is -1.10. The van der Waals surface area contributed by atoms with Gasteiger partial charge in [-0.15, -0.1) is 12.4 Å². The second kappa shape index (κ2) is 10.0. The largest absolute Gasteiger partial charge is 0.374 e. The van der Waals surface area contributed by atoms with Crippen LogP contribution in [0.1, 0.15) is 50.5 Å². The smallest absolute Gasteiger partial charge is 0.224 e. The summed E-state index contributed by atoms with van der Waals surface area (Å²) in [7, 11) is 0. The lowest BCUT2D eigenvalue weighted by Crippen LogP contribution is -2.15. The molecular formula is C19H29ClN2O2. The maximum Gasteiger partial charge on any atom is 0.224 e. The van der Waals surface area contributed by atoms with Crippen LogP contribution in [0.4, 0.5) is 5.69 Å². The van der Waals surface area contributed by atoms with Crippen molar-refractivity contribution >= 4 is 24.0 Å². The molecular weight excluding hydrogens is 324 g/mol. The Morgan fingerprint density at radius 1 is 1.17 bits per heavy atom.